The second-order valence-corrected chi connectivity index (χ2v) is 3.42. The van der Waals surface area contributed by atoms with Crippen molar-refractivity contribution in [3.05, 3.63) is 30.1 Å². The molecule has 1 N–H and O–H groups in total. The fourth-order valence-corrected chi connectivity index (χ4v) is 1.36. The van der Waals surface area contributed by atoms with E-state index in [0.717, 1.165) is 11.3 Å². The third kappa shape index (κ3) is 2.37. The van der Waals surface area contributed by atoms with Gasteiger partial charge in [0.1, 0.15) is 13.7 Å². The van der Waals surface area contributed by atoms with Crippen LogP contribution in [0.4, 0.5) is 5.82 Å². The Morgan fingerprint density at radius 2 is 2.47 bits per heavy atom. The molecule has 1 aliphatic heterocycles. The molecule has 0 unspecified atom stereocenters. The number of carbonyl (C=O) groups is 1. The number of rotatable bonds is 2. The van der Waals surface area contributed by atoms with E-state index in [1.807, 2.05) is 20.0 Å². The predicted octanol–water partition coefficient (Wildman–Crippen LogP) is -0.417. The van der Waals surface area contributed by atoms with E-state index in [-0.39, 0.29) is 5.97 Å². The van der Waals surface area contributed by atoms with Gasteiger partial charge >= 0.3 is 5.97 Å². The van der Waals surface area contributed by atoms with Crippen molar-refractivity contribution in [3.63, 3.8) is 0 Å². The number of nitrogens with zero attached hydrogens (tertiary/aromatic N) is 1. The number of esters is 1. The van der Waals surface area contributed by atoms with E-state index < -0.39 is 0 Å². The lowest BCUT2D eigenvalue weighted by Crippen LogP contribution is -2.05. The van der Waals surface area contributed by atoms with Gasteiger partial charge in [-0.15, -0.1) is 0 Å². The SMILES string of the molecule is Bc1ccnc(N/C=C2\CCOC2=O)c1. The van der Waals surface area contributed by atoms with Gasteiger partial charge in [0.25, 0.3) is 0 Å². The maximum Gasteiger partial charge on any atom is 0.335 e. The zero-order valence-corrected chi connectivity index (χ0v) is 8.49. The lowest BCUT2D eigenvalue weighted by atomic mass is 9.98. The maximum absolute atomic E-state index is 11.1. The smallest absolute Gasteiger partial charge is 0.335 e. The third-order valence-corrected chi connectivity index (χ3v) is 2.18. The van der Waals surface area contributed by atoms with Gasteiger partial charge in [0.05, 0.1) is 12.2 Å². The fraction of sp³-hybridized carbons (Fsp3) is 0.200. The minimum absolute atomic E-state index is 0.241. The van der Waals surface area contributed by atoms with E-state index in [1.165, 1.54) is 0 Å². The maximum atomic E-state index is 11.1. The highest BCUT2D eigenvalue weighted by Gasteiger charge is 2.17. The highest BCUT2D eigenvalue weighted by Crippen LogP contribution is 2.12. The molecule has 0 atom stereocenters. The monoisotopic (exact) mass is 202 g/mol. The molecule has 1 fully saturated rings. The molecule has 1 aromatic heterocycles. The van der Waals surface area contributed by atoms with Gasteiger partial charge in [0, 0.05) is 18.8 Å². The van der Waals surface area contributed by atoms with Crippen molar-refractivity contribution in [1.82, 2.24) is 4.98 Å². The minimum atomic E-state index is -0.241. The van der Waals surface area contributed by atoms with Crippen molar-refractivity contribution >= 4 is 25.1 Å². The largest absolute Gasteiger partial charge is 0.462 e. The van der Waals surface area contributed by atoms with Crippen LogP contribution in [0.15, 0.2) is 30.1 Å². The van der Waals surface area contributed by atoms with Crippen molar-refractivity contribution in [2.24, 2.45) is 0 Å². The summed E-state index contributed by atoms with van der Waals surface area (Å²) in [4.78, 5) is 15.2. The Balaban J connectivity index is 2.06. The first-order valence-corrected chi connectivity index (χ1v) is 4.81. The summed E-state index contributed by atoms with van der Waals surface area (Å²) in [6.07, 6.45) is 4.05. The first kappa shape index (κ1) is 9.77. The van der Waals surface area contributed by atoms with Crippen LogP contribution < -0.4 is 10.8 Å². The zero-order chi connectivity index (χ0) is 10.7. The Labute approximate surface area is 88.8 Å². The number of carbonyl (C=O) groups excluding carboxylic acids is 1. The quantitative estimate of drug-likeness (QED) is 0.402. The first-order valence-electron chi connectivity index (χ1n) is 4.81. The molecule has 2 rings (SSSR count). The molecule has 0 aliphatic carbocycles. The third-order valence-electron chi connectivity index (χ3n) is 2.18. The topological polar surface area (TPSA) is 51.2 Å². The van der Waals surface area contributed by atoms with Crippen LogP contribution in [0.3, 0.4) is 0 Å². The number of anilines is 1. The average Bonchev–Trinajstić information content (AvgIpc) is 2.61. The number of pyridine rings is 1. The Kier molecular flexibility index (Phi) is 2.71. The number of ether oxygens (including phenoxy) is 1. The van der Waals surface area contributed by atoms with Gasteiger partial charge in [-0.05, 0) is 12.1 Å². The van der Waals surface area contributed by atoms with Crippen LogP contribution in [0.25, 0.3) is 0 Å². The molecule has 0 bridgehead atoms. The van der Waals surface area contributed by atoms with Crippen molar-refractivity contribution < 1.29 is 9.53 Å². The Hall–Kier alpha value is -1.78. The van der Waals surface area contributed by atoms with Crippen LogP contribution in [0.1, 0.15) is 6.42 Å². The number of hydrogen-bond acceptors (Lipinski definition) is 4. The van der Waals surface area contributed by atoms with Crippen LogP contribution in [-0.2, 0) is 9.53 Å². The van der Waals surface area contributed by atoms with E-state index >= 15 is 0 Å². The summed E-state index contributed by atoms with van der Waals surface area (Å²) in [5.74, 6) is 0.498. The van der Waals surface area contributed by atoms with Gasteiger partial charge in [-0.1, -0.05) is 5.46 Å². The summed E-state index contributed by atoms with van der Waals surface area (Å²) in [5.41, 5.74) is 1.79. The van der Waals surface area contributed by atoms with Crippen LogP contribution in [0, 0.1) is 0 Å². The van der Waals surface area contributed by atoms with Gasteiger partial charge < -0.3 is 10.1 Å². The predicted molar refractivity (Wildman–Crippen MR) is 59.7 cm³/mol. The normalized spacial score (nSPS) is 17.9. The van der Waals surface area contributed by atoms with Crippen molar-refractivity contribution in [1.29, 1.82) is 0 Å². The summed E-state index contributed by atoms with van der Waals surface area (Å²) >= 11 is 0. The second-order valence-electron chi connectivity index (χ2n) is 3.42. The molecule has 1 aromatic rings. The summed E-state index contributed by atoms with van der Waals surface area (Å²) in [5, 5.41) is 2.98. The molecule has 0 aromatic carbocycles. The molecular formula is C10H11BN2O2. The Morgan fingerprint density at radius 1 is 1.60 bits per heavy atom. The van der Waals surface area contributed by atoms with Gasteiger partial charge in [0.2, 0.25) is 0 Å². The van der Waals surface area contributed by atoms with E-state index in [2.05, 4.69) is 10.3 Å². The zero-order valence-electron chi connectivity index (χ0n) is 8.49. The lowest BCUT2D eigenvalue weighted by Gasteiger charge is -2.00. The van der Waals surface area contributed by atoms with Crippen LogP contribution >= 0.6 is 0 Å². The first-order chi connectivity index (χ1) is 7.25. The van der Waals surface area contributed by atoms with Crippen LogP contribution in [0.5, 0.6) is 0 Å². The molecule has 76 valence electrons. The lowest BCUT2D eigenvalue weighted by molar-refractivity contribution is -0.135. The summed E-state index contributed by atoms with van der Waals surface area (Å²) < 4.78 is 4.81. The van der Waals surface area contributed by atoms with Gasteiger partial charge in [0.15, 0.2) is 0 Å². The number of cyclic esters (lactones) is 1. The van der Waals surface area contributed by atoms with Crippen molar-refractivity contribution in [2.45, 2.75) is 6.42 Å². The highest BCUT2D eigenvalue weighted by molar-refractivity contribution is 6.32. The Bertz CT molecular complexity index is 418. The number of aromatic nitrogens is 1. The average molecular weight is 202 g/mol. The van der Waals surface area contributed by atoms with E-state index in [9.17, 15) is 4.79 Å². The van der Waals surface area contributed by atoms with Crippen LogP contribution in [-0.4, -0.2) is 25.4 Å². The molecule has 15 heavy (non-hydrogen) atoms. The highest BCUT2D eigenvalue weighted by atomic mass is 16.5. The number of nitrogens with one attached hydrogen (secondary N) is 1. The van der Waals surface area contributed by atoms with E-state index in [1.54, 1.807) is 12.4 Å². The molecular weight excluding hydrogens is 191 g/mol. The summed E-state index contributed by atoms with van der Waals surface area (Å²) in [7, 11) is 1.99. The minimum Gasteiger partial charge on any atom is -0.462 e. The standard InChI is InChI=1S/C10H11BN2O2/c11-8-1-3-12-9(5-8)13-6-7-2-4-15-10(7)14/h1,3,5-6H,2,4,11H2,(H,12,13)/b7-6+. The molecule has 1 saturated heterocycles. The molecule has 5 heteroatoms. The van der Waals surface area contributed by atoms with Gasteiger partial charge in [-0.3, -0.25) is 0 Å². The molecule has 0 amide bonds. The van der Waals surface area contributed by atoms with Crippen molar-refractivity contribution in [2.75, 3.05) is 11.9 Å². The second kappa shape index (κ2) is 4.17. The molecule has 0 radical (unpaired) electrons. The molecule has 2 heterocycles. The van der Waals surface area contributed by atoms with Gasteiger partial charge in [-0.25, -0.2) is 9.78 Å². The fourth-order valence-electron chi connectivity index (χ4n) is 1.36. The molecule has 1 aliphatic rings. The van der Waals surface area contributed by atoms with Gasteiger partial charge in [-0.2, -0.15) is 0 Å². The van der Waals surface area contributed by atoms with Crippen LogP contribution in [0.2, 0.25) is 0 Å². The van der Waals surface area contributed by atoms with Crippen molar-refractivity contribution in [3.8, 4) is 0 Å². The van der Waals surface area contributed by atoms with E-state index in [0.29, 0.717) is 18.6 Å². The van der Waals surface area contributed by atoms with E-state index in [4.69, 9.17) is 4.74 Å². The summed E-state index contributed by atoms with van der Waals surface area (Å²) in [6, 6.07) is 3.83. The molecule has 0 spiro atoms. The molecule has 0 saturated carbocycles. The molecule has 4 nitrogen and oxygen atoms in total. The Morgan fingerprint density at radius 3 is 3.13 bits per heavy atom. The summed E-state index contributed by atoms with van der Waals surface area (Å²) in [6.45, 7) is 0.480. The number of hydrogen-bond donors (Lipinski definition) is 1.